The van der Waals surface area contributed by atoms with Crippen molar-refractivity contribution in [3.05, 3.63) is 12.7 Å². The van der Waals surface area contributed by atoms with Crippen LogP contribution in [-0.2, 0) is 9.53 Å². The zero-order valence-corrected chi connectivity index (χ0v) is 6.19. The Labute approximate surface area is 65.1 Å². The van der Waals surface area contributed by atoms with Gasteiger partial charge in [0.05, 0.1) is 19.1 Å². The van der Waals surface area contributed by atoms with Crippen LogP contribution < -0.4 is 0 Å². The number of aliphatic hydroxyl groups excluding tert-OH is 2. The molecule has 0 bridgehead atoms. The van der Waals surface area contributed by atoms with Crippen molar-refractivity contribution in [1.82, 2.24) is 0 Å². The zero-order chi connectivity index (χ0) is 8.69. The third kappa shape index (κ3) is 5.57. The summed E-state index contributed by atoms with van der Waals surface area (Å²) in [5.41, 5.74) is 0. The third-order valence-corrected chi connectivity index (χ3v) is 0.975. The van der Waals surface area contributed by atoms with Gasteiger partial charge >= 0.3 is 5.97 Å². The second-order valence-electron chi connectivity index (χ2n) is 2.01. The first-order valence-electron chi connectivity index (χ1n) is 3.26. The normalized spacial score (nSPS) is 12.2. The Morgan fingerprint density at radius 2 is 2.36 bits per heavy atom. The molecule has 2 N–H and O–H groups in total. The highest BCUT2D eigenvalue weighted by atomic mass is 16.5. The Bertz CT molecular complexity index is 132. The van der Waals surface area contributed by atoms with Gasteiger partial charge in [-0.2, -0.15) is 0 Å². The number of aliphatic hydroxyl groups is 2. The molecule has 0 rings (SSSR count). The fourth-order valence-electron chi connectivity index (χ4n) is 0.468. The smallest absolute Gasteiger partial charge is 0.308 e. The molecule has 0 aliphatic heterocycles. The minimum atomic E-state index is -1.02. The van der Waals surface area contributed by atoms with Crippen molar-refractivity contribution in [1.29, 1.82) is 0 Å². The molecule has 0 spiro atoms. The van der Waals surface area contributed by atoms with E-state index in [0.29, 0.717) is 0 Å². The van der Waals surface area contributed by atoms with Crippen LogP contribution in [0.4, 0.5) is 0 Å². The van der Waals surface area contributed by atoms with Gasteiger partial charge in [0, 0.05) is 0 Å². The molecule has 4 nitrogen and oxygen atoms in total. The molecule has 0 heterocycles. The molecule has 0 aromatic heterocycles. The lowest BCUT2D eigenvalue weighted by atomic mass is 10.3. The van der Waals surface area contributed by atoms with Gasteiger partial charge in [0.2, 0.25) is 0 Å². The maximum Gasteiger partial charge on any atom is 0.308 e. The van der Waals surface area contributed by atoms with Crippen LogP contribution in [-0.4, -0.2) is 35.5 Å². The van der Waals surface area contributed by atoms with E-state index in [9.17, 15) is 4.79 Å². The van der Waals surface area contributed by atoms with E-state index < -0.39 is 18.7 Å². The monoisotopic (exact) mass is 160 g/mol. The van der Waals surface area contributed by atoms with Gasteiger partial charge in [-0.15, -0.1) is 0 Å². The van der Waals surface area contributed by atoms with Crippen molar-refractivity contribution in [2.45, 2.75) is 12.5 Å². The lowest BCUT2D eigenvalue weighted by Gasteiger charge is -2.05. The van der Waals surface area contributed by atoms with Gasteiger partial charge in [-0.1, -0.05) is 12.7 Å². The predicted octanol–water partition coefficient (Wildman–Crippen LogP) is -0.541. The summed E-state index contributed by atoms with van der Waals surface area (Å²) < 4.78 is 4.54. The molecular weight excluding hydrogens is 148 g/mol. The first kappa shape index (κ1) is 10.1. The van der Waals surface area contributed by atoms with Crippen LogP contribution in [0.25, 0.3) is 0 Å². The Morgan fingerprint density at radius 3 is 2.82 bits per heavy atom. The molecule has 4 heteroatoms. The van der Waals surface area contributed by atoms with Crippen molar-refractivity contribution in [3.63, 3.8) is 0 Å². The summed E-state index contributed by atoms with van der Waals surface area (Å²) in [6.07, 6.45) is 0.237. The molecule has 0 aliphatic rings. The minimum absolute atomic E-state index is 0.136. The number of esters is 1. The summed E-state index contributed by atoms with van der Waals surface area (Å²) in [4.78, 5) is 10.6. The first-order valence-corrected chi connectivity index (χ1v) is 3.26. The van der Waals surface area contributed by atoms with Crippen molar-refractivity contribution >= 4 is 5.97 Å². The summed E-state index contributed by atoms with van der Waals surface area (Å²) in [6.45, 7) is 3.05. The zero-order valence-electron chi connectivity index (χ0n) is 6.19. The minimum Gasteiger partial charge on any atom is -0.461 e. The molecule has 1 unspecified atom stereocenters. The molecule has 11 heavy (non-hydrogen) atoms. The maximum absolute atomic E-state index is 10.6. The van der Waals surface area contributed by atoms with Gasteiger partial charge < -0.3 is 14.9 Å². The van der Waals surface area contributed by atoms with Crippen LogP contribution in [0.3, 0.4) is 0 Å². The maximum atomic E-state index is 10.6. The van der Waals surface area contributed by atoms with Gasteiger partial charge in [0.15, 0.2) is 0 Å². The van der Waals surface area contributed by atoms with E-state index in [2.05, 4.69) is 11.3 Å². The van der Waals surface area contributed by atoms with Gasteiger partial charge in [0.1, 0.15) is 6.61 Å². The fourth-order valence-corrected chi connectivity index (χ4v) is 0.468. The predicted molar refractivity (Wildman–Crippen MR) is 38.9 cm³/mol. The van der Waals surface area contributed by atoms with E-state index in [1.165, 1.54) is 6.08 Å². The number of hydrogen-bond donors (Lipinski definition) is 2. The van der Waals surface area contributed by atoms with Crippen LogP contribution in [0.2, 0.25) is 0 Å². The quantitative estimate of drug-likeness (QED) is 0.418. The van der Waals surface area contributed by atoms with Crippen LogP contribution in [0, 0.1) is 0 Å². The summed E-state index contributed by atoms with van der Waals surface area (Å²) in [5.74, 6) is -0.536. The molecule has 64 valence electrons. The molecule has 0 saturated heterocycles. The molecule has 0 aliphatic carbocycles. The van der Waals surface area contributed by atoms with Crippen molar-refractivity contribution in [3.8, 4) is 0 Å². The number of carbonyl (C=O) groups excluding carboxylic acids is 1. The number of ether oxygens (including phenoxy) is 1. The van der Waals surface area contributed by atoms with E-state index in [-0.39, 0.29) is 13.0 Å². The Kier molecular flexibility index (Phi) is 5.42. The molecule has 0 aromatic carbocycles. The third-order valence-electron chi connectivity index (χ3n) is 0.975. The van der Waals surface area contributed by atoms with Gasteiger partial charge in [-0.3, -0.25) is 4.79 Å². The summed E-state index contributed by atoms with van der Waals surface area (Å²) in [5, 5.41) is 17.1. The average Bonchev–Trinajstić information content (AvgIpc) is 2.00. The Morgan fingerprint density at radius 1 is 1.73 bits per heavy atom. The molecule has 1 atom stereocenters. The van der Waals surface area contributed by atoms with E-state index in [4.69, 9.17) is 10.2 Å². The molecule has 0 saturated carbocycles. The summed E-state index contributed by atoms with van der Waals surface area (Å²) in [7, 11) is 0. The van der Waals surface area contributed by atoms with Crippen LogP contribution >= 0.6 is 0 Å². The highest BCUT2D eigenvalue weighted by Gasteiger charge is 2.09. The molecule has 0 aromatic rings. The van der Waals surface area contributed by atoms with Gasteiger partial charge in [-0.05, 0) is 0 Å². The van der Waals surface area contributed by atoms with Crippen molar-refractivity contribution in [2.75, 3.05) is 13.2 Å². The van der Waals surface area contributed by atoms with Crippen LogP contribution in [0.1, 0.15) is 6.42 Å². The van der Waals surface area contributed by atoms with Crippen LogP contribution in [0.5, 0.6) is 0 Å². The van der Waals surface area contributed by atoms with Crippen molar-refractivity contribution in [2.24, 2.45) is 0 Å². The second kappa shape index (κ2) is 5.88. The summed E-state index contributed by atoms with van der Waals surface area (Å²) in [6, 6.07) is 0. The van der Waals surface area contributed by atoms with E-state index >= 15 is 0 Å². The Balaban J connectivity index is 3.43. The first-order chi connectivity index (χ1) is 5.20. The summed E-state index contributed by atoms with van der Waals surface area (Å²) >= 11 is 0. The highest BCUT2D eigenvalue weighted by Crippen LogP contribution is 1.93. The Hall–Kier alpha value is -0.870. The number of carbonyl (C=O) groups is 1. The largest absolute Gasteiger partial charge is 0.461 e. The lowest BCUT2D eigenvalue weighted by molar-refractivity contribution is -0.145. The molecule has 0 radical (unpaired) electrons. The van der Waals surface area contributed by atoms with E-state index in [0.717, 1.165) is 0 Å². The SMILES string of the molecule is C=CCOC(=O)CC(O)CO. The van der Waals surface area contributed by atoms with E-state index in [1.54, 1.807) is 0 Å². The molecule has 0 amide bonds. The second-order valence-corrected chi connectivity index (χ2v) is 2.01. The highest BCUT2D eigenvalue weighted by molar-refractivity contribution is 5.70. The van der Waals surface area contributed by atoms with Gasteiger partial charge in [-0.25, -0.2) is 0 Å². The number of rotatable bonds is 5. The molecular formula is C7H12O4. The van der Waals surface area contributed by atoms with E-state index in [1.807, 2.05) is 0 Å². The number of hydrogen-bond acceptors (Lipinski definition) is 4. The lowest BCUT2D eigenvalue weighted by Crippen LogP contribution is -2.18. The van der Waals surface area contributed by atoms with Crippen molar-refractivity contribution < 1.29 is 19.7 Å². The topological polar surface area (TPSA) is 66.8 Å². The van der Waals surface area contributed by atoms with Gasteiger partial charge in [0.25, 0.3) is 0 Å². The van der Waals surface area contributed by atoms with Crippen LogP contribution in [0.15, 0.2) is 12.7 Å². The fraction of sp³-hybridized carbons (Fsp3) is 0.571. The average molecular weight is 160 g/mol. The standard InChI is InChI=1S/C7H12O4/c1-2-3-11-7(10)4-6(9)5-8/h2,6,8-9H,1,3-5H2. The molecule has 0 fully saturated rings.